The van der Waals surface area contributed by atoms with Crippen molar-refractivity contribution < 1.29 is 4.74 Å². The Morgan fingerprint density at radius 1 is 1.22 bits per heavy atom. The molecule has 2 nitrogen and oxygen atoms in total. The molecule has 1 saturated heterocycles. The van der Waals surface area contributed by atoms with E-state index in [9.17, 15) is 0 Å². The Bertz CT molecular complexity index is 382. The topological polar surface area (TPSA) is 21.3 Å². The Labute approximate surface area is 149 Å². The molecule has 100 valence electrons. The quantitative estimate of drug-likeness (QED) is 0.536. The van der Waals surface area contributed by atoms with Gasteiger partial charge < -0.3 is 10.1 Å². The minimum absolute atomic E-state index is 0.790. The molecule has 1 aliphatic heterocycles. The minimum atomic E-state index is 0.790. The first-order chi connectivity index (χ1) is 8.66. The van der Waals surface area contributed by atoms with Crippen molar-refractivity contribution in [2.75, 3.05) is 19.7 Å². The fourth-order valence-corrected chi connectivity index (χ4v) is 6.06. The third-order valence-electron chi connectivity index (χ3n) is 3.13. The molecule has 1 unspecified atom stereocenters. The fraction of sp³-hybridized carbons (Fsp3) is 0.538. The van der Waals surface area contributed by atoms with Crippen LogP contribution in [-0.2, 0) is 0 Å². The van der Waals surface area contributed by atoms with Crippen molar-refractivity contribution >= 4 is 67.8 Å². The number of benzene rings is 1. The van der Waals surface area contributed by atoms with Crippen LogP contribution in [-0.4, -0.2) is 19.7 Å². The summed E-state index contributed by atoms with van der Waals surface area (Å²) < 4.78 is 9.68. The molecule has 2 rings (SSSR count). The lowest BCUT2D eigenvalue weighted by Crippen LogP contribution is -2.30. The number of halogens is 3. The molecule has 0 aliphatic carbocycles. The normalized spacial score (nSPS) is 19.8. The van der Waals surface area contributed by atoms with Crippen molar-refractivity contribution in [3.63, 3.8) is 0 Å². The zero-order valence-corrected chi connectivity index (χ0v) is 16.5. The Kier molecular flexibility index (Phi) is 6.76. The van der Waals surface area contributed by atoms with Crippen molar-refractivity contribution in [2.24, 2.45) is 5.92 Å². The highest BCUT2D eigenvalue weighted by Crippen LogP contribution is 2.30. The zero-order valence-electron chi connectivity index (χ0n) is 10.0. The summed E-state index contributed by atoms with van der Waals surface area (Å²) >= 11 is 7.06. The van der Waals surface area contributed by atoms with E-state index in [4.69, 9.17) is 4.74 Å². The SMILES string of the molecule is Ic1cc(I)c(OCCC2CCCNC2)c(I)c1. The third kappa shape index (κ3) is 4.62. The second-order valence-electron chi connectivity index (χ2n) is 4.55. The van der Waals surface area contributed by atoms with Gasteiger partial charge in [0, 0.05) is 3.57 Å². The maximum atomic E-state index is 5.98. The van der Waals surface area contributed by atoms with Crippen molar-refractivity contribution in [2.45, 2.75) is 19.3 Å². The van der Waals surface area contributed by atoms with Gasteiger partial charge in [-0.05, 0) is 118 Å². The van der Waals surface area contributed by atoms with Crippen LogP contribution in [0.1, 0.15) is 19.3 Å². The molecule has 1 aromatic carbocycles. The Balaban J connectivity index is 1.86. The molecule has 1 atom stereocenters. The summed E-state index contributed by atoms with van der Waals surface area (Å²) in [6.45, 7) is 3.17. The number of hydrogen-bond acceptors (Lipinski definition) is 2. The molecule has 0 bridgehead atoms. The number of ether oxygens (including phenoxy) is 1. The van der Waals surface area contributed by atoms with E-state index in [0.717, 1.165) is 31.2 Å². The average molecular weight is 583 g/mol. The van der Waals surface area contributed by atoms with Gasteiger partial charge in [0.15, 0.2) is 0 Å². The lowest BCUT2D eigenvalue weighted by atomic mass is 9.97. The molecule has 1 aromatic rings. The molecule has 0 amide bonds. The molecule has 0 aromatic heterocycles. The first-order valence-electron chi connectivity index (χ1n) is 6.15. The van der Waals surface area contributed by atoms with Gasteiger partial charge in [-0.2, -0.15) is 0 Å². The smallest absolute Gasteiger partial charge is 0.145 e. The van der Waals surface area contributed by atoms with Gasteiger partial charge in [-0.25, -0.2) is 0 Å². The van der Waals surface area contributed by atoms with E-state index in [2.05, 4.69) is 85.2 Å². The van der Waals surface area contributed by atoms with Crippen molar-refractivity contribution in [3.8, 4) is 5.75 Å². The fourth-order valence-electron chi connectivity index (χ4n) is 2.16. The molecule has 1 heterocycles. The summed E-state index contributed by atoms with van der Waals surface area (Å²) in [7, 11) is 0. The summed E-state index contributed by atoms with van der Waals surface area (Å²) in [5.41, 5.74) is 0. The van der Waals surface area contributed by atoms with Crippen LogP contribution < -0.4 is 10.1 Å². The van der Waals surface area contributed by atoms with Gasteiger partial charge >= 0.3 is 0 Å². The van der Waals surface area contributed by atoms with Crippen molar-refractivity contribution in [1.82, 2.24) is 5.32 Å². The van der Waals surface area contributed by atoms with Crippen LogP contribution in [0.3, 0.4) is 0 Å². The second kappa shape index (κ2) is 7.82. The van der Waals surface area contributed by atoms with E-state index in [-0.39, 0.29) is 0 Å². The number of piperidine rings is 1. The first kappa shape index (κ1) is 15.6. The monoisotopic (exact) mass is 583 g/mol. The highest BCUT2D eigenvalue weighted by atomic mass is 127. The summed E-state index contributed by atoms with van der Waals surface area (Å²) in [4.78, 5) is 0. The van der Waals surface area contributed by atoms with E-state index in [1.54, 1.807) is 0 Å². The standard InChI is InChI=1S/C13H16I3NO/c14-10-6-11(15)13(12(16)7-10)18-5-3-9-2-1-4-17-8-9/h6-7,9,17H,1-5,8H2. The van der Waals surface area contributed by atoms with Gasteiger partial charge in [-0.3, -0.25) is 0 Å². The van der Waals surface area contributed by atoms with Crippen LogP contribution in [0.25, 0.3) is 0 Å². The molecule has 0 saturated carbocycles. The molecule has 0 radical (unpaired) electrons. The van der Waals surface area contributed by atoms with Crippen molar-refractivity contribution in [3.05, 3.63) is 22.8 Å². The molecule has 1 fully saturated rings. The Morgan fingerprint density at radius 3 is 2.56 bits per heavy atom. The van der Waals surface area contributed by atoms with Crippen LogP contribution in [0.4, 0.5) is 0 Å². The lowest BCUT2D eigenvalue weighted by Gasteiger charge is -2.22. The molecule has 5 heteroatoms. The minimum Gasteiger partial charge on any atom is -0.491 e. The highest BCUT2D eigenvalue weighted by Gasteiger charge is 2.14. The van der Waals surface area contributed by atoms with E-state index in [1.807, 2.05) is 0 Å². The van der Waals surface area contributed by atoms with Crippen LogP contribution in [0.2, 0.25) is 0 Å². The van der Waals surface area contributed by atoms with Gasteiger partial charge in [0.1, 0.15) is 5.75 Å². The molecule has 1 N–H and O–H groups in total. The third-order valence-corrected chi connectivity index (χ3v) is 5.36. The van der Waals surface area contributed by atoms with Gasteiger partial charge in [-0.1, -0.05) is 0 Å². The van der Waals surface area contributed by atoms with E-state index < -0.39 is 0 Å². The van der Waals surface area contributed by atoms with Gasteiger partial charge in [-0.15, -0.1) is 0 Å². The summed E-state index contributed by atoms with van der Waals surface area (Å²) in [6, 6.07) is 4.33. The highest BCUT2D eigenvalue weighted by molar-refractivity contribution is 14.1. The summed E-state index contributed by atoms with van der Waals surface area (Å²) in [5, 5.41) is 3.45. The summed E-state index contributed by atoms with van der Waals surface area (Å²) in [5.74, 6) is 1.85. The van der Waals surface area contributed by atoms with Gasteiger partial charge in [0.2, 0.25) is 0 Å². The molecule has 1 aliphatic rings. The number of nitrogens with one attached hydrogen (secondary N) is 1. The zero-order chi connectivity index (χ0) is 13.0. The number of hydrogen-bond donors (Lipinski definition) is 1. The molecule has 18 heavy (non-hydrogen) atoms. The van der Waals surface area contributed by atoms with Gasteiger partial charge in [0.05, 0.1) is 13.7 Å². The van der Waals surface area contributed by atoms with Crippen molar-refractivity contribution in [1.29, 1.82) is 0 Å². The Morgan fingerprint density at radius 2 is 1.94 bits per heavy atom. The van der Waals surface area contributed by atoms with Gasteiger partial charge in [0.25, 0.3) is 0 Å². The molecule has 0 spiro atoms. The van der Waals surface area contributed by atoms with Crippen LogP contribution in [0, 0.1) is 16.6 Å². The van der Waals surface area contributed by atoms with E-state index in [1.165, 1.54) is 30.1 Å². The second-order valence-corrected chi connectivity index (χ2v) is 8.12. The maximum absolute atomic E-state index is 5.98. The van der Waals surface area contributed by atoms with Crippen LogP contribution in [0.5, 0.6) is 5.75 Å². The van der Waals surface area contributed by atoms with E-state index >= 15 is 0 Å². The van der Waals surface area contributed by atoms with E-state index in [0.29, 0.717) is 0 Å². The number of rotatable bonds is 4. The van der Waals surface area contributed by atoms with Crippen LogP contribution >= 0.6 is 67.8 Å². The largest absolute Gasteiger partial charge is 0.491 e. The summed E-state index contributed by atoms with van der Waals surface area (Å²) in [6.07, 6.45) is 3.81. The lowest BCUT2D eigenvalue weighted by molar-refractivity contribution is 0.251. The Hall–Kier alpha value is 1.17. The average Bonchev–Trinajstić information content (AvgIpc) is 2.34. The predicted molar refractivity (Wildman–Crippen MR) is 100 cm³/mol. The first-order valence-corrected chi connectivity index (χ1v) is 9.38. The predicted octanol–water partition coefficient (Wildman–Crippen LogP) is 4.27. The maximum Gasteiger partial charge on any atom is 0.145 e. The molecular weight excluding hydrogens is 567 g/mol. The van der Waals surface area contributed by atoms with Crippen LogP contribution in [0.15, 0.2) is 12.1 Å². The molecular formula is C13H16I3NO.